The molecule has 6 nitrogen and oxygen atoms in total. The molecule has 0 fully saturated rings. The van der Waals surface area contributed by atoms with Gasteiger partial charge >= 0.3 is 0 Å². The molecule has 0 unspecified atom stereocenters. The molecule has 7 heteroatoms. The Morgan fingerprint density at radius 3 is 2.50 bits per heavy atom. The van der Waals surface area contributed by atoms with Crippen molar-refractivity contribution in [2.24, 2.45) is 0 Å². The Bertz CT molecular complexity index is 330. The molecule has 0 aliphatic carbocycles. The number of hydrogen-bond donors (Lipinski definition) is 1. The number of amides is 1. The van der Waals surface area contributed by atoms with E-state index >= 15 is 0 Å². The predicted molar refractivity (Wildman–Crippen MR) is 70.8 cm³/mol. The SMILES string of the molecule is CCCCS(=O)(=O)NCCN(CCOC)C(C)=O. The van der Waals surface area contributed by atoms with Crippen LogP contribution in [0.25, 0.3) is 0 Å². The first-order chi connectivity index (χ1) is 8.43. The summed E-state index contributed by atoms with van der Waals surface area (Å²) >= 11 is 0. The second-order valence-electron chi connectivity index (χ2n) is 4.07. The molecule has 0 aliphatic rings. The second-order valence-corrected chi connectivity index (χ2v) is 5.99. The lowest BCUT2D eigenvalue weighted by atomic mass is 10.4. The van der Waals surface area contributed by atoms with Gasteiger partial charge < -0.3 is 9.64 Å². The van der Waals surface area contributed by atoms with E-state index in [0.717, 1.165) is 6.42 Å². The molecule has 0 radical (unpaired) electrons. The van der Waals surface area contributed by atoms with Gasteiger partial charge in [0.2, 0.25) is 15.9 Å². The van der Waals surface area contributed by atoms with Crippen LogP contribution >= 0.6 is 0 Å². The summed E-state index contributed by atoms with van der Waals surface area (Å²) < 4.78 is 30.4. The third kappa shape index (κ3) is 8.43. The molecule has 0 aliphatic heterocycles. The molecule has 18 heavy (non-hydrogen) atoms. The highest BCUT2D eigenvalue weighted by atomic mass is 32.2. The number of nitrogens with one attached hydrogen (secondary N) is 1. The summed E-state index contributed by atoms with van der Waals surface area (Å²) in [6.45, 7) is 4.93. The summed E-state index contributed by atoms with van der Waals surface area (Å²) in [5, 5.41) is 0. The van der Waals surface area contributed by atoms with Crippen LogP contribution in [0.5, 0.6) is 0 Å². The summed E-state index contributed by atoms with van der Waals surface area (Å²) in [7, 11) is -1.64. The molecular formula is C11H24N2O4S. The smallest absolute Gasteiger partial charge is 0.219 e. The van der Waals surface area contributed by atoms with Gasteiger partial charge in [0.1, 0.15) is 0 Å². The normalized spacial score (nSPS) is 11.5. The lowest BCUT2D eigenvalue weighted by Crippen LogP contribution is -2.39. The molecule has 0 bridgehead atoms. The van der Waals surface area contributed by atoms with Gasteiger partial charge in [0, 0.05) is 33.7 Å². The number of carbonyl (C=O) groups is 1. The second kappa shape index (κ2) is 9.29. The van der Waals surface area contributed by atoms with Gasteiger partial charge in [-0.3, -0.25) is 4.79 Å². The van der Waals surface area contributed by atoms with Gasteiger partial charge in [-0.15, -0.1) is 0 Å². The van der Waals surface area contributed by atoms with Crippen LogP contribution < -0.4 is 4.72 Å². The van der Waals surface area contributed by atoms with Crippen LogP contribution in [0, 0.1) is 0 Å². The first kappa shape index (κ1) is 17.3. The minimum absolute atomic E-state index is 0.0835. The Kier molecular flexibility index (Phi) is 8.95. The average molecular weight is 280 g/mol. The zero-order valence-corrected chi connectivity index (χ0v) is 12.3. The number of hydrogen-bond acceptors (Lipinski definition) is 4. The average Bonchev–Trinajstić information content (AvgIpc) is 2.30. The van der Waals surface area contributed by atoms with Crippen molar-refractivity contribution in [2.45, 2.75) is 26.7 Å². The van der Waals surface area contributed by atoms with E-state index in [1.54, 1.807) is 12.0 Å². The highest BCUT2D eigenvalue weighted by molar-refractivity contribution is 7.89. The van der Waals surface area contributed by atoms with Crippen molar-refractivity contribution in [1.29, 1.82) is 0 Å². The first-order valence-electron chi connectivity index (χ1n) is 6.14. The van der Waals surface area contributed by atoms with Crippen LogP contribution in [-0.4, -0.2) is 58.3 Å². The molecule has 0 saturated heterocycles. The van der Waals surface area contributed by atoms with Crippen LogP contribution in [0.4, 0.5) is 0 Å². The molecule has 1 amide bonds. The Hall–Kier alpha value is -0.660. The summed E-state index contributed by atoms with van der Waals surface area (Å²) in [5.41, 5.74) is 0. The molecule has 0 rings (SSSR count). The fraction of sp³-hybridized carbons (Fsp3) is 0.909. The van der Waals surface area contributed by atoms with Crippen molar-refractivity contribution in [3.8, 4) is 0 Å². The highest BCUT2D eigenvalue weighted by Crippen LogP contribution is 1.94. The molecule has 108 valence electrons. The van der Waals surface area contributed by atoms with Crippen LogP contribution in [-0.2, 0) is 19.6 Å². The van der Waals surface area contributed by atoms with Crippen molar-refractivity contribution >= 4 is 15.9 Å². The van der Waals surface area contributed by atoms with E-state index < -0.39 is 10.0 Å². The van der Waals surface area contributed by atoms with Crippen molar-refractivity contribution in [2.75, 3.05) is 39.1 Å². The Morgan fingerprint density at radius 1 is 1.33 bits per heavy atom. The molecule has 0 aromatic rings. The Balaban J connectivity index is 4.01. The van der Waals surface area contributed by atoms with Crippen LogP contribution in [0.15, 0.2) is 0 Å². The molecule has 0 heterocycles. The van der Waals surface area contributed by atoms with Gasteiger partial charge in [-0.05, 0) is 6.42 Å². The van der Waals surface area contributed by atoms with Gasteiger partial charge in [0.25, 0.3) is 0 Å². The van der Waals surface area contributed by atoms with Crippen molar-refractivity contribution in [3.05, 3.63) is 0 Å². The summed E-state index contributed by atoms with van der Waals surface area (Å²) in [6, 6.07) is 0. The molecule has 0 aromatic heterocycles. The lowest BCUT2D eigenvalue weighted by Gasteiger charge is -2.20. The molecule has 0 aromatic carbocycles. The molecule has 1 N–H and O–H groups in total. The first-order valence-corrected chi connectivity index (χ1v) is 7.80. The standard InChI is InChI=1S/C11H24N2O4S/c1-4-5-10-18(15,16)12-6-7-13(11(2)14)8-9-17-3/h12H,4-10H2,1-3H3. The van der Waals surface area contributed by atoms with E-state index in [0.29, 0.717) is 26.1 Å². The van der Waals surface area contributed by atoms with Gasteiger partial charge in [-0.25, -0.2) is 13.1 Å². The maximum atomic E-state index is 11.5. The highest BCUT2D eigenvalue weighted by Gasteiger charge is 2.11. The molecule has 0 atom stereocenters. The van der Waals surface area contributed by atoms with Gasteiger partial charge in [-0.2, -0.15) is 0 Å². The Morgan fingerprint density at radius 2 is 2.00 bits per heavy atom. The van der Waals surface area contributed by atoms with E-state index in [9.17, 15) is 13.2 Å². The zero-order chi connectivity index (χ0) is 14.0. The van der Waals surface area contributed by atoms with Crippen LogP contribution in [0.1, 0.15) is 26.7 Å². The number of sulfonamides is 1. The number of methoxy groups -OCH3 is 1. The topological polar surface area (TPSA) is 75.7 Å². The molecule has 0 spiro atoms. The van der Waals surface area contributed by atoms with Crippen molar-refractivity contribution < 1.29 is 17.9 Å². The van der Waals surface area contributed by atoms with E-state index in [-0.39, 0.29) is 18.2 Å². The van der Waals surface area contributed by atoms with Crippen LogP contribution in [0.2, 0.25) is 0 Å². The lowest BCUT2D eigenvalue weighted by molar-refractivity contribution is -0.129. The van der Waals surface area contributed by atoms with Crippen molar-refractivity contribution in [3.63, 3.8) is 0 Å². The van der Waals surface area contributed by atoms with Gasteiger partial charge in [0.05, 0.1) is 12.4 Å². The zero-order valence-electron chi connectivity index (χ0n) is 11.4. The molecule has 0 saturated carbocycles. The monoisotopic (exact) mass is 280 g/mol. The fourth-order valence-electron chi connectivity index (χ4n) is 1.37. The minimum Gasteiger partial charge on any atom is -0.383 e. The predicted octanol–water partition coefficient (Wildman–Crippen LogP) is 0.201. The van der Waals surface area contributed by atoms with E-state index in [1.807, 2.05) is 6.92 Å². The number of carbonyl (C=O) groups excluding carboxylic acids is 1. The fourth-order valence-corrected chi connectivity index (χ4v) is 2.59. The van der Waals surface area contributed by atoms with E-state index in [4.69, 9.17) is 4.74 Å². The van der Waals surface area contributed by atoms with Crippen LogP contribution in [0.3, 0.4) is 0 Å². The maximum absolute atomic E-state index is 11.5. The van der Waals surface area contributed by atoms with E-state index in [2.05, 4.69) is 4.72 Å². The van der Waals surface area contributed by atoms with Gasteiger partial charge in [0.15, 0.2) is 0 Å². The third-order valence-electron chi connectivity index (χ3n) is 2.48. The quantitative estimate of drug-likeness (QED) is 0.620. The van der Waals surface area contributed by atoms with Gasteiger partial charge in [-0.1, -0.05) is 13.3 Å². The number of rotatable bonds is 10. The van der Waals surface area contributed by atoms with Crippen molar-refractivity contribution in [1.82, 2.24) is 9.62 Å². The Labute approximate surface area is 110 Å². The van der Waals surface area contributed by atoms with E-state index in [1.165, 1.54) is 6.92 Å². The summed E-state index contributed by atoms with van der Waals surface area (Å²) in [4.78, 5) is 12.8. The third-order valence-corrected chi connectivity index (χ3v) is 3.95. The summed E-state index contributed by atoms with van der Waals surface area (Å²) in [5.74, 6) is 0.0570. The maximum Gasteiger partial charge on any atom is 0.219 e. The largest absolute Gasteiger partial charge is 0.383 e. The number of unbranched alkanes of at least 4 members (excludes halogenated alkanes) is 1. The number of nitrogens with zero attached hydrogens (tertiary/aromatic N) is 1. The number of ether oxygens (including phenoxy) is 1. The summed E-state index contributed by atoms with van der Waals surface area (Å²) in [6.07, 6.45) is 1.49. The minimum atomic E-state index is -3.20. The molecular weight excluding hydrogens is 256 g/mol.